The molecule has 86 valence electrons. The first-order valence-electron chi connectivity index (χ1n) is 5.41. The zero-order chi connectivity index (χ0) is 12.1. The van der Waals surface area contributed by atoms with Crippen LogP contribution in [-0.4, -0.2) is 4.98 Å². The first kappa shape index (κ1) is 11.8. The van der Waals surface area contributed by atoms with Gasteiger partial charge in [0.1, 0.15) is 5.01 Å². The van der Waals surface area contributed by atoms with Crippen LogP contribution in [0.15, 0.2) is 35.8 Å². The van der Waals surface area contributed by atoms with E-state index in [4.69, 9.17) is 5.26 Å². The van der Waals surface area contributed by atoms with Crippen molar-refractivity contribution in [3.8, 4) is 6.07 Å². The van der Waals surface area contributed by atoms with Gasteiger partial charge in [-0.25, -0.2) is 4.98 Å². The Labute approximate surface area is 105 Å². The molecule has 0 fully saturated rings. The molecule has 0 saturated heterocycles. The van der Waals surface area contributed by atoms with E-state index in [0.717, 1.165) is 17.1 Å². The van der Waals surface area contributed by atoms with Crippen LogP contribution in [0.2, 0.25) is 0 Å². The summed E-state index contributed by atoms with van der Waals surface area (Å²) in [6.07, 6.45) is 1.81. The summed E-state index contributed by atoms with van der Waals surface area (Å²) < 4.78 is 0. The fourth-order valence-corrected chi connectivity index (χ4v) is 2.14. The molecule has 0 radical (unpaired) electrons. The predicted octanol–water partition coefficient (Wildman–Crippen LogP) is 2.87. The highest BCUT2D eigenvalue weighted by molar-refractivity contribution is 7.09. The number of rotatable bonds is 4. The van der Waals surface area contributed by atoms with Gasteiger partial charge in [-0.3, -0.25) is 0 Å². The average molecular weight is 243 g/mol. The number of aromatic nitrogens is 1. The Hall–Kier alpha value is -1.70. The van der Waals surface area contributed by atoms with Crippen molar-refractivity contribution in [3.63, 3.8) is 0 Å². The normalized spacial score (nSPS) is 12.0. The quantitative estimate of drug-likeness (QED) is 0.898. The van der Waals surface area contributed by atoms with Gasteiger partial charge in [0.25, 0.3) is 0 Å². The number of benzene rings is 1. The minimum Gasteiger partial charge on any atom is -0.304 e. The van der Waals surface area contributed by atoms with E-state index < -0.39 is 0 Å². The van der Waals surface area contributed by atoms with Gasteiger partial charge in [-0.05, 0) is 24.6 Å². The Morgan fingerprint density at radius 2 is 2.41 bits per heavy atom. The molecular weight excluding hydrogens is 230 g/mol. The summed E-state index contributed by atoms with van der Waals surface area (Å²) in [7, 11) is 0. The summed E-state index contributed by atoms with van der Waals surface area (Å²) in [5, 5.41) is 15.3. The van der Waals surface area contributed by atoms with E-state index in [0.29, 0.717) is 5.56 Å². The average Bonchev–Trinajstić information content (AvgIpc) is 2.89. The van der Waals surface area contributed by atoms with E-state index >= 15 is 0 Å². The first-order valence-corrected chi connectivity index (χ1v) is 6.29. The van der Waals surface area contributed by atoms with Crippen LogP contribution in [0, 0.1) is 11.3 Å². The molecule has 17 heavy (non-hydrogen) atoms. The molecule has 0 spiro atoms. The minimum absolute atomic E-state index is 0.215. The Morgan fingerprint density at radius 3 is 3.12 bits per heavy atom. The Kier molecular flexibility index (Phi) is 3.86. The standard InChI is InChI=1S/C13H13N3S/c1-10(16-9-13-15-5-6-17-13)12-4-2-3-11(7-12)8-14/h2-7,10,16H,9H2,1H3. The third-order valence-electron chi connectivity index (χ3n) is 2.56. The molecule has 4 heteroatoms. The molecule has 2 rings (SSSR count). The van der Waals surface area contributed by atoms with Crippen molar-refractivity contribution in [3.05, 3.63) is 52.0 Å². The lowest BCUT2D eigenvalue weighted by atomic mass is 10.1. The monoisotopic (exact) mass is 243 g/mol. The molecule has 0 aliphatic rings. The zero-order valence-electron chi connectivity index (χ0n) is 9.55. The van der Waals surface area contributed by atoms with Crippen LogP contribution in [0.1, 0.15) is 29.1 Å². The van der Waals surface area contributed by atoms with Gasteiger partial charge in [-0.2, -0.15) is 5.26 Å². The second-order valence-corrected chi connectivity index (χ2v) is 4.74. The maximum Gasteiger partial charge on any atom is 0.106 e. The number of hydrogen-bond donors (Lipinski definition) is 1. The van der Waals surface area contributed by atoms with Gasteiger partial charge in [0.05, 0.1) is 11.6 Å². The van der Waals surface area contributed by atoms with Crippen LogP contribution in [0.3, 0.4) is 0 Å². The van der Waals surface area contributed by atoms with Crippen LogP contribution in [0.4, 0.5) is 0 Å². The molecule has 0 aliphatic heterocycles. The van der Waals surface area contributed by atoms with Crippen molar-refractivity contribution in [2.45, 2.75) is 19.5 Å². The Balaban J connectivity index is 1.99. The molecule has 1 N–H and O–H groups in total. The maximum atomic E-state index is 8.85. The van der Waals surface area contributed by atoms with Crippen LogP contribution < -0.4 is 5.32 Å². The van der Waals surface area contributed by atoms with Crippen molar-refractivity contribution in [1.82, 2.24) is 10.3 Å². The third-order valence-corrected chi connectivity index (χ3v) is 3.34. The third kappa shape index (κ3) is 3.13. The van der Waals surface area contributed by atoms with Crippen molar-refractivity contribution in [2.75, 3.05) is 0 Å². The minimum atomic E-state index is 0.215. The molecule has 1 aromatic heterocycles. The molecule has 1 atom stereocenters. The van der Waals surface area contributed by atoms with Gasteiger partial charge in [0.15, 0.2) is 0 Å². The molecule has 3 nitrogen and oxygen atoms in total. The van der Waals surface area contributed by atoms with Crippen molar-refractivity contribution >= 4 is 11.3 Å². The lowest BCUT2D eigenvalue weighted by Gasteiger charge is -2.13. The highest BCUT2D eigenvalue weighted by atomic mass is 32.1. The van der Waals surface area contributed by atoms with Gasteiger partial charge in [-0.15, -0.1) is 11.3 Å². The second-order valence-electron chi connectivity index (χ2n) is 3.77. The molecule has 1 aromatic carbocycles. The summed E-state index contributed by atoms with van der Waals surface area (Å²) in [6.45, 7) is 2.85. The summed E-state index contributed by atoms with van der Waals surface area (Å²) in [6, 6.07) is 10.0. The van der Waals surface area contributed by atoms with Gasteiger partial charge in [0.2, 0.25) is 0 Å². The van der Waals surface area contributed by atoms with E-state index in [9.17, 15) is 0 Å². The highest BCUT2D eigenvalue weighted by Crippen LogP contribution is 2.15. The molecule has 0 saturated carbocycles. The van der Waals surface area contributed by atoms with Gasteiger partial charge in [0, 0.05) is 24.2 Å². The van der Waals surface area contributed by atoms with E-state index in [1.165, 1.54) is 0 Å². The first-order chi connectivity index (χ1) is 8.29. The summed E-state index contributed by atoms with van der Waals surface area (Å²) in [4.78, 5) is 4.22. The largest absolute Gasteiger partial charge is 0.304 e. The zero-order valence-corrected chi connectivity index (χ0v) is 10.4. The second kappa shape index (κ2) is 5.58. The Bertz CT molecular complexity index is 514. The summed E-state index contributed by atoms with van der Waals surface area (Å²) in [5.74, 6) is 0. The van der Waals surface area contributed by atoms with Crippen molar-refractivity contribution in [2.24, 2.45) is 0 Å². The number of nitrogens with zero attached hydrogens (tertiary/aromatic N) is 2. The van der Waals surface area contributed by atoms with E-state index in [-0.39, 0.29) is 6.04 Å². The van der Waals surface area contributed by atoms with Gasteiger partial charge < -0.3 is 5.32 Å². The van der Waals surface area contributed by atoms with Crippen LogP contribution in [0.5, 0.6) is 0 Å². The molecular formula is C13H13N3S. The lowest BCUT2D eigenvalue weighted by molar-refractivity contribution is 0.573. The summed E-state index contributed by atoms with van der Waals surface area (Å²) in [5.41, 5.74) is 1.83. The summed E-state index contributed by atoms with van der Waals surface area (Å²) >= 11 is 1.64. The van der Waals surface area contributed by atoms with Crippen LogP contribution in [-0.2, 0) is 6.54 Å². The fraction of sp³-hybridized carbons (Fsp3) is 0.231. The topological polar surface area (TPSA) is 48.7 Å². The maximum absolute atomic E-state index is 8.85. The van der Waals surface area contributed by atoms with E-state index in [1.54, 1.807) is 11.3 Å². The lowest BCUT2D eigenvalue weighted by Crippen LogP contribution is -2.17. The molecule has 0 amide bonds. The van der Waals surface area contributed by atoms with Crippen LogP contribution >= 0.6 is 11.3 Å². The molecule has 0 bridgehead atoms. The predicted molar refractivity (Wildman–Crippen MR) is 68.5 cm³/mol. The molecule has 2 aromatic rings. The Morgan fingerprint density at radius 1 is 1.53 bits per heavy atom. The number of nitrogens with one attached hydrogen (secondary N) is 1. The molecule has 0 aliphatic carbocycles. The number of thiazole rings is 1. The smallest absolute Gasteiger partial charge is 0.106 e. The molecule has 1 heterocycles. The number of hydrogen-bond acceptors (Lipinski definition) is 4. The van der Waals surface area contributed by atoms with E-state index in [1.807, 2.05) is 35.8 Å². The van der Waals surface area contributed by atoms with Crippen LogP contribution in [0.25, 0.3) is 0 Å². The number of nitriles is 1. The van der Waals surface area contributed by atoms with Gasteiger partial charge >= 0.3 is 0 Å². The highest BCUT2D eigenvalue weighted by Gasteiger charge is 2.06. The van der Waals surface area contributed by atoms with Crippen molar-refractivity contribution < 1.29 is 0 Å². The van der Waals surface area contributed by atoms with Gasteiger partial charge in [-0.1, -0.05) is 12.1 Å². The van der Waals surface area contributed by atoms with E-state index in [2.05, 4.69) is 23.3 Å². The molecule has 1 unspecified atom stereocenters. The SMILES string of the molecule is CC(NCc1nccs1)c1cccc(C#N)c1. The van der Waals surface area contributed by atoms with Crippen molar-refractivity contribution in [1.29, 1.82) is 5.26 Å². The fourth-order valence-electron chi connectivity index (χ4n) is 1.58.